The minimum Gasteiger partial charge on any atom is -0.311 e. The van der Waals surface area contributed by atoms with E-state index in [1.54, 1.807) is 0 Å². The smallest absolute Gasteiger partial charge is 0.0720 e. The van der Waals surface area contributed by atoms with Gasteiger partial charge in [0.25, 0.3) is 0 Å². The Morgan fingerprint density at radius 3 is 1.39 bits per heavy atom. The average molecular weight is 986 g/mol. The zero-order valence-electron chi connectivity index (χ0n) is 41.9. The summed E-state index contributed by atoms with van der Waals surface area (Å²) >= 11 is 1.86. The number of allylic oxidation sites excluding steroid dienone is 4. The molecule has 0 saturated heterocycles. The van der Waals surface area contributed by atoms with Gasteiger partial charge in [-0.1, -0.05) is 224 Å². The van der Waals surface area contributed by atoms with Crippen LogP contribution in [0.4, 0.5) is 17.1 Å². The van der Waals surface area contributed by atoms with Crippen molar-refractivity contribution in [1.82, 2.24) is 0 Å². The first-order valence-electron chi connectivity index (χ1n) is 26.6. The van der Waals surface area contributed by atoms with Crippen LogP contribution in [0.15, 0.2) is 291 Å². The van der Waals surface area contributed by atoms with Crippen molar-refractivity contribution in [3.63, 3.8) is 0 Å². The summed E-state index contributed by atoms with van der Waals surface area (Å²) in [5.41, 5.74) is 22.8. The Balaban J connectivity index is 0.837. The highest BCUT2D eigenvalue weighted by atomic mass is 32.1. The van der Waals surface area contributed by atoms with E-state index in [0.717, 1.165) is 29.9 Å². The van der Waals surface area contributed by atoms with Crippen LogP contribution in [0.2, 0.25) is 0 Å². The SMILES string of the molecule is C1=CC(C2(c3ccccc3)c3ccccc3C3(c4ccccc4-c4cc(-c5ccc(N(c6ccc(-c7ccccc7)cc6)c6ccc(-c7ccc8sc9ccccc9c8c7)cc6)cc5)ccc43)c3ccccc32)=CCC1. The Bertz CT molecular complexity index is 4210. The summed E-state index contributed by atoms with van der Waals surface area (Å²) in [6, 6.07) is 100.0. The van der Waals surface area contributed by atoms with E-state index in [1.807, 2.05) is 11.3 Å². The van der Waals surface area contributed by atoms with E-state index >= 15 is 0 Å². The summed E-state index contributed by atoms with van der Waals surface area (Å²) in [5, 5.41) is 2.63. The molecule has 0 atom stereocenters. The van der Waals surface area contributed by atoms with Gasteiger partial charge in [-0.25, -0.2) is 0 Å². The second-order valence-electron chi connectivity index (χ2n) is 20.6. The Hall–Kier alpha value is -9.08. The molecule has 3 aliphatic rings. The molecule has 11 aromatic carbocycles. The normalized spacial score (nSPS) is 17.0. The van der Waals surface area contributed by atoms with Gasteiger partial charge in [-0.3, -0.25) is 0 Å². The van der Waals surface area contributed by atoms with Crippen LogP contribution in [0.1, 0.15) is 51.8 Å². The highest BCUT2D eigenvalue weighted by Crippen LogP contribution is 2.65. The summed E-state index contributed by atoms with van der Waals surface area (Å²) in [6.45, 7) is 0. The number of nitrogens with zero attached hydrogens (tertiary/aromatic N) is 1. The van der Waals surface area contributed by atoms with Gasteiger partial charge in [-0.2, -0.15) is 0 Å². The Kier molecular flexibility index (Phi) is 10.4. The number of benzene rings is 11. The van der Waals surface area contributed by atoms with E-state index in [0.29, 0.717) is 0 Å². The van der Waals surface area contributed by atoms with Gasteiger partial charge in [0.1, 0.15) is 0 Å². The minimum absolute atomic E-state index is 0.482. The van der Waals surface area contributed by atoms with E-state index in [9.17, 15) is 0 Å². The molecule has 1 heterocycles. The molecule has 2 heteroatoms. The van der Waals surface area contributed by atoms with Gasteiger partial charge in [0.2, 0.25) is 0 Å². The number of anilines is 3. The molecule has 3 aliphatic carbocycles. The Morgan fingerprint density at radius 1 is 0.316 bits per heavy atom. The van der Waals surface area contributed by atoms with Crippen LogP contribution in [0.5, 0.6) is 0 Å². The first-order chi connectivity index (χ1) is 37.7. The fourth-order valence-electron chi connectivity index (χ4n) is 13.4. The van der Waals surface area contributed by atoms with Gasteiger partial charge in [0.15, 0.2) is 0 Å². The number of rotatable bonds is 8. The van der Waals surface area contributed by atoms with Crippen molar-refractivity contribution in [2.45, 2.75) is 23.7 Å². The van der Waals surface area contributed by atoms with Crippen molar-refractivity contribution < 1.29 is 0 Å². The Labute approximate surface area is 448 Å². The van der Waals surface area contributed by atoms with E-state index in [-0.39, 0.29) is 0 Å². The summed E-state index contributed by atoms with van der Waals surface area (Å²) in [5.74, 6) is 0. The zero-order chi connectivity index (χ0) is 50.2. The molecule has 0 saturated carbocycles. The lowest BCUT2D eigenvalue weighted by molar-refractivity contribution is 0.619. The van der Waals surface area contributed by atoms with Gasteiger partial charge in [0.05, 0.1) is 10.8 Å². The summed E-state index contributed by atoms with van der Waals surface area (Å²) in [4.78, 5) is 2.38. The molecule has 0 aliphatic heterocycles. The molecule has 1 nitrogen and oxygen atoms in total. The van der Waals surface area contributed by atoms with E-state index in [4.69, 9.17) is 0 Å². The molecule has 358 valence electrons. The maximum atomic E-state index is 2.50. The molecular formula is C74H51NS. The lowest BCUT2D eigenvalue weighted by Gasteiger charge is -2.50. The van der Waals surface area contributed by atoms with Crippen molar-refractivity contribution in [1.29, 1.82) is 0 Å². The predicted octanol–water partition coefficient (Wildman–Crippen LogP) is 19.8. The molecule has 0 amide bonds. The first kappa shape index (κ1) is 44.4. The molecule has 0 bridgehead atoms. The molecule has 1 aromatic heterocycles. The molecule has 15 rings (SSSR count). The monoisotopic (exact) mass is 985 g/mol. The molecule has 0 fully saturated rings. The van der Waals surface area contributed by atoms with Crippen molar-refractivity contribution in [2.75, 3.05) is 4.90 Å². The molecule has 0 N–H and O–H groups in total. The highest BCUT2D eigenvalue weighted by Gasteiger charge is 2.56. The van der Waals surface area contributed by atoms with E-state index in [2.05, 4.69) is 290 Å². The van der Waals surface area contributed by atoms with Gasteiger partial charge in [0, 0.05) is 37.2 Å². The third-order valence-corrected chi connectivity index (χ3v) is 17.8. The molecule has 0 radical (unpaired) electrons. The van der Waals surface area contributed by atoms with Crippen molar-refractivity contribution in [3.8, 4) is 44.5 Å². The third kappa shape index (κ3) is 6.70. The predicted molar refractivity (Wildman–Crippen MR) is 320 cm³/mol. The lowest BCUT2D eigenvalue weighted by Crippen LogP contribution is -2.45. The van der Waals surface area contributed by atoms with Crippen LogP contribution in [-0.2, 0) is 10.8 Å². The first-order valence-corrected chi connectivity index (χ1v) is 27.4. The second kappa shape index (κ2) is 17.8. The van der Waals surface area contributed by atoms with Crippen LogP contribution >= 0.6 is 11.3 Å². The molecule has 0 unspecified atom stereocenters. The van der Waals surface area contributed by atoms with Gasteiger partial charge in [-0.15, -0.1) is 11.3 Å². The van der Waals surface area contributed by atoms with Crippen LogP contribution in [-0.4, -0.2) is 0 Å². The van der Waals surface area contributed by atoms with Crippen molar-refractivity contribution in [3.05, 3.63) is 330 Å². The maximum Gasteiger partial charge on any atom is 0.0720 e. The number of thiophene rings is 1. The number of fused-ring (bicyclic) bond motifs is 12. The number of hydrogen-bond donors (Lipinski definition) is 0. The van der Waals surface area contributed by atoms with Crippen molar-refractivity contribution in [2.24, 2.45) is 0 Å². The van der Waals surface area contributed by atoms with E-state index in [1.165, 1.54) is 109 Å². The molecule has 1 spiro atoms. The molecule has 12 aromatic rings. The van der Waals surface area contributed by atoms with E-state index < -0.39 is 10.8 Å². The quantitative estimate of drug-likeness (QED) is 0.147. The standard InChI is InChI=1S/C74H51NS/c1-4-18-50(19-5-1)51-32-40-58(41-33-51)75(60-44-36-53(37-45-60)55-39-47-72-64(49-55)62-25-11-17-31-71(62)76-72)59-42-34-52(35-43-59)54-38-46-66-63(48-54)61-24-10-12-26-65(61)74(66)69-29-15-13-27-67(69)73(56-20-6-2-7-21-56,57-22-8-3-9-23-57)68-28-14-16-30-70(68)74/h1-2,4-8,10-49H,3,9H2. The zero-order valence-corrected chi connectivity index (χ0v) is 42.7. The number of hydrogen-bond acceptors (Lipinski definition) is 2. The molecule has 76 heavy (non-hydrogen) atoms. The second-order valence-corrected chi connectivity index (χ2v) is 21.6. The average Bonchev–Trinajstić information content (AvgIpc) is 4.12. The maximum absolute atomic E-state index is 2.50. The largest absolute Gasteiger partial charge is 0.311 e. The van der Waals surface area contributed by atoms with Crippen LogP contribution in [0.25, 0.3) is 64.7 Å². The summed E-state index contributed by atoms with van der Waals surface area (Å²) < 4.78 is 2.65. The minimum atomic E-state index is -0.518. The van der Waals surface area contributed by atoms with Crippen LogP contribution < -0.4 is 4.90 Å². The highest BCUT2D eigenvalue weighted by molar-refractivity contribution is 7.25. The summed E-state index contributed by atoms with van der Waals surface area (Å²) in [6.07, 6.45) is 9.37. The lowest BCUT2D eigenvalue weighted by atomic mass is 9.51. The topological polar surface area (TPSA) is 3.24 Å². The van der Waals surface area contributed by atoms with Crippen molar-refractivity contribution >= 4 is 48.6 Å². The molecular weight excluding hydrogens is 935 g/mol. The fourth-order valence-corrected chi connectivity index (χ4v) is 14.5. The fraction of sp³-hybridized carbons (Fsp3) is 0.0541. The van der Waals surface area contributed by atoms with Gasteiger partial charge >= 0.3 is 0 Å². The van der Waals surface area contributed by atoms with Crippen LogP contribution in [0, 0.1) is 0 Å². The Morgan fingerprint density at radius 2 is 0.776 bits per heavy atom. The summed E-state index contributed by atoms with van der Waals surface area (Å²) in [7, 11) is 0. The van der Waals surface area contributed by atoms with Gasteiger partial charge in [-0.05, 0) is 163 Å². The van der Waals surface area contributed by atoms with Gasteiger partial charge < -0.3 is 4.90 Å². The third-order valence-electron chi connectivity index (χ3n) is 16.7. The van der Waals surface area contributed by atoms with Crippen LogP contribution in [0.3, 0.4) is 0 Å².